The highest BCUT2D eigenvalue weighted by atomic mass is 35.5. The van der Waals surface area contributed by atoms with Gasteiger partial charge in [-0.25, -0.2) is 9.78 Å². The molecule has 0 radical (unpaired) electrons. The molecule has 26 heavy (non-hydrogen) atoms. The summed E-state index contributed by atoms with van der Waals surface area (Å²) in [7, 11) is 0. The van der Waals surface area contributed by atoms with E-state index in [2.05, 4.69) is 19.9 Å². The fourth-order valence-corrected chi connectivity index (χ4v) is 3.56. The molecule has 0 fully saturated rings. The van der Waals surface area contributed by atoms with Gasteiger partial charge in [0.15, 0.2) is 11.5 Å². The molecule has 0 bridgehead atoms. The Labute approximate surface area is 159 Å². The summed E-state index contributed by atoms with van der Waals surface area (Å²) in [6, 6.07) is 3.92. The topological polar surface area (TPSA) is 83.9 Å². The summed E-state index contributed by atoms with van der Waals surface area (Å²) in [6.07, 6.45) is 0. The van der Waals surface area contributed by atoms with Crippen LogP contribution in [0.25, 0.3) is 22.6 Å². The van der Waals surface area contributed by atoms with E-state index >= 15 is 0 Å². The maximum atomic E-state index is 12.2. The minimum absolute atomic E-state index is 0.148. The molecule has 9 heteroatoms. The number of fused-ring (bicyclic) bond motifs is 2. The predicted octanol–water partition coefficient (Wildman–Crippen LogP) is 2.20. The molecule has 0 spiro atoms. The van der Waals surface area contributed by atoms with Gasteiger partial charge in [0.2, 0.25) is 0 Å². The Kier molecular flexibility index (Phi) is 5.48. The first-order chi connectivity index (χ1) is 12.5. The SMILES string of the molecule is CCn1c2nc(=O)[nH]c(=O)c-2nc2cc(N(CCCl)CCCl)c(C)cc21. The van der Waals surface area contributed by atoms with Crippen LogP contribution in [0.4, 0.5) is 5.69 Å². The molecule has 0 unspecified atom stereocenters. The zero-order valence-corrected chi connectivity index (χ0v) is 16.1. The smallest absolute Gasteiger partial charge is 0.349 e. The molecule has 7 nitrogen and oxygen atoms in total. The molecule has 0 saturated heterocycles. The summed E-state index contributed by atoms with van der Waals surface area (Å²) in [4.78, 5) is 36.5. The van der Waals surface area contributed by atoms with Gasteiger partial charge in [0.1, 0.15) is 0 Å². The second-order valence-electron chi connectivity index (χ2n) is 5.89. The van der Waals surface area contributed by atoms with Crippen LogP contribution in [-0.4, -0.2) is 44.4 Å². The Morgan fingerprint density at radius 1 is 1.15 bits per heavy atom. The molecule has 0 aliphatic carbocycles. The first kappa shape index (κ1) is 18.7. The highest BCUT2D eigenvalue weighted by Crippen LogP contribution is 2.28. The number of alkyl halides is 2. The molecule has 2 heterocycles. The Morgan fingerprint density at radius 2 is 1.85 bits per heavy atom. The molecule has 138 valence electrons. The van der Waals surface area contributed by atoms with Crippen LogP contribution in [0.5, 0.6) is 0 Å². The maximum Gasteiger partial charge on any atom is 0.349 e. The molecule has 2 aliphatic rings. The molecule has 1 N–H and O–H groups in total. The number of benzene rings is 1. The van der Waals surface area contributed by atoms with Crippen molar-refractivity contribution in [1.29, 1.82) is 0 Å². The van der Waals surface area contributed by atoms with Crippen molar-refractivity contribution >= 4 is 39.9 Å². The van der Waals surface area contributed by atoms with Crippen molar-refractivity contribution in [2.24, 2.45) is 0 Å². The lowest BCUT2D eigenvalue weighted by molar-refractivity contribution is 0.759. The number of anilines is 1. The Bertz CT molecular complexity index is 1020. The van der Waals surface area contributed by atoms with Crippen molar-refractivity contribution in [2.75, 3.05) is 29.7 Å². The first-order valence-electron chi connectivity index (χ1n) is 8.32. The van der Waals surface area contributed by atoms with Gasteiger partial charge in [-0.1, -0.05) is 0 Å². The number of H-pyrrole nitrogens is 1. The molecule has 0 saturated carbocycles. The van der Waals surface area contributed by atoms with E-state index < -0.39 is 11.2 Å². The number of aromatic nitrogens is 4. The number of nitrogens with zero attached hydrogens (tertiary/aromatic N) is 4. The summed E-state index contributed by atoms with van der Waals surface area (Å²) in [6.45, 7) is 5.80. The van der Waals surface area contributed by atoms with Crippen molar-refractivity contribution in [3.05, 3.63) is 38.5 Å². The zero-order valence-electron chi connectivity index (χ0n) is 14.6. The van der Waals surface area contributed by atoms with Gasteiger partial charge in [-0.15, -0.1) is 23.2 Å². The molecule has 1 aromatic carbocycles. The van der Waals surface area contributed by atoms with Crippen LogP contribution in [0, 0.1) is 6.92 Å². The molecular weight excluding hydrogens is 377 g/mol. The van der Waals surface area contributed by atoms with Crippen LogP contribution in [0.1, 0.15) is 12.5 Å². The van der Waals surface area contributed by atoms with E-state index in [1.807, 2.05) is 30.5 Å². The third-order valence-electron chi connectivity index (χ3n) is 4.29. The van der Waals surface area contributed by atoms with Gasteiger partial charge in [-0.3, -0.25) is 9.78 Å². The average Bonchev–Trinajstić information content (AvgIpc) is 2.60. The quantitative estimate of drug-likeness (QED) is 0.510. The summed E-state index contributed by atoms with van der Waals surface area (Å²) in [5.74, 6) is 1.24. The summed E-state index contributed by atoms with van der Waals surface area (Å²) >= 11 is 11.9. The fraction of sp³-hybridized carbons (Fsp3) is 0.412. The predicted molar refractivity (Wildman–Crippen MR) is 105 cm³/mol. The number of aryl methyl sites for hydroxylation is 2. The minimum atomic E-state index is -0.672. The molecule has 0 aromatic heterocycles. The Hall–Kier alpha value is -2.12. The number of rotatable bonds is 6. The molecule has 0 amide bonds. The summed E-state index contributed by atoms with van der Waals surface area (Å²) in [5.41, 5.74) is 2.41. The van der Waals surface area contributed by atoms with Crippen LogP contribution >= 0.6 is 23.2 Å². The van der Waals surface area contributed by atoms with E-state index in [9.17, 15) is 9.59 Å². The van der Waals surface area contributed by atoms with Gasteiger partial charge >= 0.3 is 5.69 Å². The highest BCUT2D eigenvalue weighted by Gasteiger charge is 2.19. The maximum absolute atomic E-state index is 12.2. The van der Waals surface area contributed by atoms with E-state index in [-0.39, 0.29) is 5.69 Å². The van der Waals surface area contributed by atoms with Crippen molar-refractivity contribution < 1.29 is 0 Å². The van der Waals surface area contributed by atoms with Crippen LogP contribution < -0.4 is 16.1 Å². The van der Waals surface area contributed by atoms with Crippen LogP contribution in [0.15, 0.2) is 21.7 Å². The Morgan fingerprint density at radius 3 is 2.46 bits per heavy atom. The normalized spacial score (nSPS) is 11.4. The lowest BCUT2D eigenvalue weighted by Crippen LogP contribution is -2.29. The second kappa shape index (κ2) is 7.63. The van der Waals surface area contributed by atoms with Crippen molar-refractivity contribution in [2.45, 2.75) is 20.4 Å². The third-order valence-corrected chi connectivity index (χ3v) is 4.63. The molecule has 0 atom stereocenters. The van der Waals surface area contributed by atoms with E-state index in [0.717, 1.165) is 16.8 Å². The Balaban J connectivity index is 2.34. The number of hydrogen-bond donors (Lipinski definition) is 1. The number of nitrogens with one attached hydrogen (secondary N) is 1. The number of hydrogen-bond acceptors (Lipinski definition) is 5. The molecule has 1 aromatic rings. The molecular formula is C17H19Cl2N5O2. The fourth-order valence-electron chi connectivity index (χ4n) is 3.15. The van der Waals surface area contributed by atoms with Gasteiger partial charge in [0.25, 0.3) is 5.56 Å². The van der Waals surface area contributed by atoms with E-state index in [1.54, 1.807) is 0 Å². The zero-order chi connectivity index (χ0) is 18.8. The van der Waals surface area contributed by atoms with Crippen LogP contribution in [0.3, 0.4) is 0 Å². The van der Waals surface area contributed by atoms with Crippen LogP contribution in [0.2, 0.25) is 0 Å². The van der Waals surface area contributed by atoms with Gasteiger partial charge in [-0.05, 0) is 31.5 Å². The highest BCUT2D eigenvalue weighted by molar-refractivity contribution is 6.18. The first-order valence-corrected chi connectivity index (χ1v) is 9.39. The van der Waals surface area contributed by atoms with Crippen molar-refractivity contribution in [3.8, 4) is 11.5 Å². The molecule has 3 rings (SSSR count). The van der Waals surface area contributed by atoms with Crippen LogP contribution in [-0.2, 0) is 6.54 Å². The number of aromatic amines is 1. The molecule has 2 aliphatic heterocycles. The summed E-state index contributed by atoms with van der Waals surface area (Å²) in [5, 5.41) is 0. The lowest BCUT2D eigenvalue weighted by Gasteiger charge is -2.26. The second-order valence-corrected chi connectivity index (χ2v) is 6.65. The van der Waals surface area contributed by atoms with Gasteiger partial charge in [-0.2, -0.15) is 4.98 Å². The van der Waals surface area contributed by atoms with Gasteiger partial charge in [0.05, 0.1) is 11.0 Å². The van der Waals surface area contributed by atoms with Gasteiger partial charge < -0.3 is 9.47 Å². The standard InChI is InChI=1S/C17H19Cl2N5O2/c1-3-24-13-8-10(2)12(23(6-4-18)7-5-19)9-11(13)20-14-15(24)21-17(26)22-16(14)25/h8-9H,3-7H2,1-2H3,(H,22,25,26). The van der Waals surface area contributed by atoms with Gasteiger partial charge in [0, 0.05) is 37.1 Å². The monoisotopic (exact) mass is 395 g/mol. The van der Waals surface area contributed by atoms with E-state index in [1.165, 1.54) is 0 Å². The summed E-state index contributed by atoms with van der Waals surface area (Å²) < 4.78 is 1.83. The van der Waals surface area contributed by atoms with E-state index in [0.29, 0.717) is 42.7 Å². The number of halogens is 2. The minimum Gasteiger partial charge on any atom is -0.369 e. The average molecular weight is 396 g/mol. The van der Waals surface area contributed by atoms with Crippen molar-refractivity contribution in [3.63, 3.8) is 0 Å². The van der Waals surface area contributed by atoms with E-state index in [4.69, 9.17) is 23.2 Å². The third kappa shape index (κ3) is 3.29. The van der Waals surface area contributed by atoms with Crippen molar-refractivity contribution in [1.82, 2.24) is 19.5 Å². The largest absolute Gasteiger partial charge is 0.369 e. The lowest BCUT2D eigenvalue weighted by atomic mass is 10.1.